The van der Waals surface area contributed by atoms with Crippen molar-refractivity contribution in [2.45, 2.75) is 49.7 Å². The average molecular weight is 293 g/mol. The normalized spacial score (nSPS) is 21.0. The van der Waals surface area contributed by atoms with Crippen LogP contribution in [0.1, 0.15) is 39.7 Å². The summed E-state index contributed by atoms with van der Waals surface area (Å²) in [6.07, 6.45) is 1.35. The van der Waals surface area contributed by atoms with E-state index in [0.717, 1.165) is 12.0 Å². The van der Waals surface area contributed by atoms with Crippen LogP contribution in [0.15, 0.2) is 28.1 Å². The summed E-state index contributed by atoms with van der Waals surface area (Å²) >= 11 is 0. The monoisotopic (exact) mass is 293 g/mol. The Morgan fingerprint density at radius 3 is 2.55 bits per heavy atom. The molecule has 0 saturated heterocycles. The predicted octanol–water partition coefficient (Wildman–Crippen LogP) is 2.82. The maximum atomic E-state index is 12.5. The van der Waals surface area contributed by atoms with E-state index in [1.165, 1.54) is 0 Å². The molecular weight excluding hydrogens is 274 g/mol. The second-order valence-corrected chi connectivity index (χ2v) is 7.81. The lowest BCUT2D eigenvalue weighted by molar-refractivity contribution is -0.106. The molecule has 0 spiro atoms. The number of hydrogen-bond donors (Lipinski definition) is 0. The van der Waals surface area contributed by atoms with Gasteiger partial charge in [0.1, 0.15) is 6.29 Å². The molecule has 1 aliphatic rings. The van der Waals surface area contributed by atoms with Crippen molar-refractivity contribution in [3.63, 3.8) is 0 Å². The van der Waals surface area contributed by atoms with Gasteiger partial charge in [-0.05, 0) is 36.5 Å². The van der Waals surface area contributed by atoms with Gasteiger partial charge < -0.3 is 4.79 Å². The third-order valence-electron chi connectivity index (χ3n) is 4.10. The molecule has 4 nitrogen and oxygen atoms in total. The van der Waals surface area contributed by atoms with Gasteiger partial charge in [0.25, 0.3) is 0 Å². The van der Waals surface area contributed by atoms with Crippen molar-refractivity contribution in [3.05, 3.63) is 23.8 Å². The van der Waals surface area contributed by atoms with Gasteiger partial charge in [-0.3, -0.25) is 4.99 Å². The lowest BCUT2D eigenvalue weighted by atomic mass is 9.82. The molecule has 0 saturated carbocycles. The van der Waals surface area contributed by atoms with Crippen LogP contribution in [0.25, 0.3) is 0 Å². The molecule has 20 heavy (non-hydrogen) atoms. The number of aldehydes is 1. The lowest BCUT2D eigenvalue weighted by Crippen LogP contribution is -2.33. The van der Waals surface area contributed by atoms with Gasteiger partial charge in [-0.2, -0.15) is 0 Å². The van der Waals surface area contributed by atoms with Gasteiger partial charge in [-0.25, -0.2) is 8.42 Å². The summed E-state index contributed by atoms with van der Waals surface area (Å²) in [7, 11) is -3.67. The summed E-state index contributed by atoms with van der Waals surface area (Å²) in [5, 5.41) is -1.16. The highest BCUT2D eigenvalue weighted by molar-refractivity contribution is 7.93. The first-order valence-electron chi connectivity index (χ1n) is 6.63. The van der Waals surface area contributed by atoms with E-state index >= 15 is 0 Å². The third kappa shape index (κ3) is 2.20. The van der Waals surface area contributed by atoms with Crippen molar-refractivity contribution in [1.82, 2.24) is 0 Å². The minimum absolute atomic E-state index is 0.114. The van der Waals surface area contributed by atoms with Gasteiger partial charge in [-0.15, -0.1) is 0 Å². The molecule has 1 aromatic carbocycles. The number of hydrogen-bond acceptors (Lipinski definition) is 4. The van der Waals surface area contributed by atoms with Crippen molar-refractivity contribution in [3.8, 4) is 0 Å². The quantitative estimate of drug-likeness (QED) is 0.805. The molecule has 1 atom stereocenters. The number of benzene rings is 1. The van der Waals surface area contributed by atoms with Crippen LogP contribution in [0.5, 0.6) is 0 Å². The van der Waals surface area contributed by atoms with E-state index in [0.29, 0.717) is 17.7 Å². The van der Waals surface area contributed by atoms with Crippen LogP contribution in [-0.2, 0) is 20.0 Å². The lowest BCUT2D eigenvalue weighted by Gasteiger charge is -2.26. The summed E-state index contributed by atoms with van der Waals surface area (Å²) in [6.45, 7) is 7.76. The molecule has 0 fully saturated rings. The molecule has 0 amide bonds. The Morgan fingerprint density at radius 2 is 2.00 bits per heavy atom. The summed E-state index contributed by atoms with van der Waals surface area (Å²) in [6, 6.07) is 5.31. The Hall–Kier alpha value is -1.49. The van der Waals surface area contributed by atoms with Crippen LogP contribution >= 0.6 is 0 Å². The molecule has 0 N–H and O–H groups in total. The predicted molar refractivity (Wildman–Crippen MR) is 79.6 cm³/mol. The van der Waals surface area contributed by atoms with E-state index in [4.69, 9.17) is 0 Å². The minimum atomic E-state index is -3.67. The first kappa shape index (κ1) is 14.9. The highest BCUT2D eigenvalue weighted by atomic mass is 32.2. The number of fused-ring (bicyclic) bond motifs is 1. The fraction of sp³-hybridized carbons (Fsp3) is 0.467. The number of aliphatic imine (C=N–C) groups is 1. The van der Waals surface area contributed by atoms with Crippen molar-refractivity contribution < 1.29 is 13.2 Å². The molecule has 0 aliphatic carbocycles. The van der Waals surface area contributed by atoms with Gasteiger partial charge in [0, 0.05) is 5.71 Å². The van der Waals surface area contributed by atoms with Crippen molar-refractivity contribution >= 4 is 27.5 Å². The van der Waals surface area contributed by atoms with Gasteiger partial charge in [0.2, 0.25) is 0 Å². The van der Waals surface area contributed by atoms with Gasteiger partial charge >= 0.3 is 0 Å². The molecule has 1 heterocycles. The van der Waals surface area contributed by atoms with Crippen LogP contribution < -0.4 is 0 Å². The Morgan fingerprint density at radius 1 is 1.35 bits per heavy atom. The second-order valence-electron chi connectivity index (χ2n) is 5.77. The van der Waals surface area contributed by atoms with Crippen LogP contribution in [0.2, 0.25) is 0 Å². The van der Waals surface area contributed by atoms with Gasteiger partial charge in [-0.1, -0.05) is 26.8 Å². The standard InChI is InChI=1S/C15H19NO3S/c1-5-15(3,4)11-6-7-12-13(8-11)20(18,19)14(9-17)10(2)16-12/h6-9,14H,5H2,1-4H3. The zero-order valence-electron chi connectivity index (χ0n) is 12.2. The number of sulfone groups is 1. The fourth-order valence-electron chi connectivity index (χ4n) is 2.25. The number of rotatable bonds is 3. The van der Waals surface area contributed by atoms with Crippen molar-refractivity contribution in [1.29, 1.82) is 0 Å². The maximum absolute atomic E-state index is 12.5. The van der Waals surface area contributed by atoms with E-state index < -0.39 is 15.1 Å². The van der Waals surface area contributed by atoms with E-state index in [-0.39, 0.29) is 10.3 Å². The van der Waals surface area contributed by atoms with Crippen molar-refractivity contribution in [2.75, 3.05) is 0 Å². The summed E-state index contributed by atoms with van der Waals surface area (Å²) in [5.41, 5.74) is 1.59. The molecule has 0 radical (unpaired) electrons. The second kappa shape index (κ2) is 4.81. The average Bonchev–Trinajstić information content (AvgIpc) is 2.38. The zero-order valence-corrected chi connectivity index (χ0v) is 13.0. The van der Waals surface area contributed by atoms with Crippen LogP contribution in [-0.4, -0.2) is 25.7 Å². The molecule has 5 heteroatoms. The largest absolute Gasteiger partial charge is 0.301 e. The SMILES string of the molecule is CCC(C)(C)c1ccc2c(c1)S(=O)(=O)C(C=O)C(C)=N2. The maximum Gasteiger partial charge on any atom is 0.195 e. The Balaban J connectivity index is 2.70. The molecule has 2 rings (SSSR count). The smallest absolute Gasteiger partial charge is 0.195 e. The molecule has 0 aromatic heterocycles. The first-order chi connectivity index (χ1) is 9.24. The Bertz CT molecular complexity index is 687. The highest BCUT2D eigenvalue weighted by Crippen LogP contribution is 2.37. The van der Waals surface area contributed by atoms with Gasteiger partial charge in [0.15, 0.2) is 15.1 Å². The minimum Gasteiger partial charge on any atom is -0.301 e. The highest BCUT2D eigenvalue weighted by Gasteiger charge is 2.36. The summed E-state index contributed by atoms with van der Waals surface area (Å²) < 4.78 is 25.0. The number of carbonyl (C=O) groups is 1. The van der Waals surface area contributed by atoms with E-state index in [1.807, 2.05) is 6.07 Å². The number of nitrogens with zero attached hydrogens (tertiary/aromatic N) is 1. The third-order valence-corrected chi connectivity index (χ3v) is 6.16. The van der Waals surface area contributed by atoms with E-state index in [9.17, 15) is 13.2 Å². The molecule has 1 aliphatic heterocycles. The van der Waals surface area contributed by atoms with E-state index in [1.54, 1.807) is 19.1 Å². The first-order valence-corrected chi connectivity index (χ1v) is 8.17. The zero-order chi connectivity index (χ0) is 15.1. The van der Waals surface area contributed by atoms with Crippen molar-refractivity contribution in [2.24, 2.45) is 4.99 Å². The molecule has 0 bridgehead atoms. The van der Waals surface area contributed by atoms with Crippen LogP contribution in [0.4, 0.5) is 5.69 Å². The Labute approximate surface area is 119 Å². The molecule has 1 unspecified atom stereocenters. The molecular formula is C15H19NO3S. The van der Waals surface area contributed by atoms with Gasteiger partial charge in [0.05, 0.1) is 10.6 Å². The topological polar surface area (TPSA) is 63.6 Å². The van der Waals surface area contributed by atoms with Crippen LogP contribution in [0.3, 0.4) is 0 Å². The van der Waals surface area contributed by atoms with E-state index in [2.05, 4.69) is 25.8 Å². The molecule has 108 valence electrons. The van der Waals surface area contributed by atoms with Crippen LogP contribution in [0, 0.1) is 0 Å². The summed E-state index contributed by atoms with van der Waals surface area (Å²) in [4.78, 5) is 15.5. The Kier molecular flexibility index (Phi) is 3.58. The molecule has 1 aromatic rings. The summed E-state index contributed by atoms with van der Waals surface area (Å²) in [5.74, 6) is 0. The number of carbonyl (C=O) groups excluding carboxylic acids is 1. The fourth-order valence-corrected chi connectivity index (χ4v) is 3.86.